The van der Waals surface area contributed by atoms with Gasteiger partial charge in [-0.05, 0) is 62.1 Å². The zero-order chi connectivity index (χ0) is 26.9. The molecule has 0 radical (unpaired) electrons. The Bertz CT molecular complexity index is 1630. The maximum Gasteiger partial charge on any atom is 0.306 e. The molecule has 2 aromatic carbocycles. The molecular formula is C30H33N7O2. The number of rotatable bonds is 7. The molecule has 9 nitrogen and oxygen atoms in total. The van der Waals surface area contributed by atoms with Crippen LogP contribution in [0.25, 0.3) is 27.8 Å². The summed E-state index contributed by atoms with van der Waals surface area (Å²) in [7, 11) is 0. The second kappa shape index (κ2) is 10.4. The lowest BCUT2D eigenvalue weighted by Crippen LogP contribution is -2.18. The average molecular weight is 524 g/mol. The van der Waals surface area contributed by atoms with E-state index in [-0.39, 0.29) is 17.8 Å². The first-order chi connectivity index (χ1) is 19.0. The summed E-state index contributed by atoms with van der Waals surface area (Å²) in [6.45, 7) is 2.41. The number of benzene rings is 2. The van der Waals surface area contributed by atoms with E-state index in [1.165, 1.54) is 5.56 Å². The summed E-state index contributed by atoms with van der Waals surface area (Å²) < 4.78 is 7.25. The number of nitrogens with one attached hydrogen (secondary N) is 1. The molecule has 0 atom stereocenters. The minimum absolute atomic E-state index is 0.125. The molecule has 0 aliphatic heterocycles. The van der Waals surface area contributed by atoms with Gasteiger partial charge in [-0.2, -0.15) is 4.98 Å². The number of nitrogens with two attached hydrogens (primary N) is 2. The van der Waals surface area contributed by atoms with Crippen LogP contribution in [0.5, 0.6) is 0 Å². The van der Waals surface area contributed by atoms with Crippen LogP contribution in [0.15, 0.2) is 54.6 Å². The summed E-state index contributed by atoms with van der Waals surface area (Å²) in [5.74, 6) is 1.86. The number of ether oxygens (including phenoxy) is 1. The number of anilines is 2. The largest absolute Gasteiger partial charge is 0.461 e. The molecule has 1 aliphatic carbocycles. The molecule has 0 spiro atoms. The van der Waals surface area contributed by atoms with Crippen LogP contribution >= 0.6 is 0 Å². The second-order valence-corrected chi connectivity index (χ2v) is 10.6. The van der Waals surface area contributed by atoms with Crippen molar-refractivity contribution in [1.82, 2.24) is 24.6 Å². The molecule has 1 fully saturated rings. The Morgan fingerprint density at radius 3 is 2.62 bits per heavy atom. The molecule has 0 saturated heterocycles. The summed E-state index contributed by atoms with van der Waals surface area (Å²) >= 11 is 0. The zero-order valence-electron chi connectivity index (χ0n) is 22.1. The highest BCUT2D eigenvalue weighted by Gasteiger charge is 2.29. The van der Waals surface area contributed by atoms with Gasteiger partial charge in [0.1, 0.15) is 23.6 Å². The number of H-pyrrole nitrogens is 1. The summed E-state index contributed by atoms with van der Waals surface area (Å²) in [5.41, 5.74) is 17.9. The van der Waals surface area contributed by atoms with Crippen molar-refractivity contribution in [1.29, 1.82) is 0 Å². The van der Waals surface area contributed by atoms with Crippen molar-refractivity contribution < 1.29 is 9.53 Å². The van der Waals surface area contributed by atoms with E-state index >= 15 is 0 Å². The Kier molecular flexibility index (Phi) is 6.64. The lowest BCUT2D eigenvalue weighted by molar-refractivity contribution is -0.145. The number of carbonyl (C=O) groups is 1. The molecule has 5 N–H and O–H groups in total. The number of hydrogen-bond donors (Lipinski definition) is 3. The summed E-state index contributed by atoms with van der Waals surface area (Å²) in [4.78, 5) is 25.1. The monoisotopic (exact) mass is 523 g/mol. The summed E-state index contributed by atoms with van der Waals surface area (Å²) in [5, 5.41) is 5.64. The van der Waals surface area contributed by atoms with E-state index in [4.69, 9.17) is 21.2 Å². The van der Waals surface area contributed by atoms with E-state index in [0.717, 1.165) is 65.8 Å². The number of aromatic amines is 1. The van der Waals surface area contributed by atoms with E-state index in [2.05, 4.69) is 40.2 Å². The van der Waals surface area contributed by atoms with Gasteiger partial charge in [0.05, 0.1) is 5.69 Å². The smallest absolute Gasteiger partial charge is 0.306 e. The second-order valence-electron chi connectivity index (χ2n) is 10.6. The molecule has 39 heavy (non-hydrogen) atoms. The number of nitrogen functional groups attached to an aromatic ring is 2. The number of aryl methyl sites for hydroxylation is 1. The van der Waals surface area contributed by atoms with Gasteiger partial charge in [-0.25, -0.2) is 9.50 Å². The molecule has 5 aromatic rings. The third kappa shape index (κ3) is 5.04. The standard InChI is InChI=1S/C30H33N7O2/c1-18-6-5-9-22-16-23(33-25(18)22)26-27-28(31)35-30(32)36-37(27)29(34-26)21-13-10-19(11-14-21)12-15-24(38)39-17-20-7-3-2-4-8-20/h2-9,16,19,21,33H,10-15,17H2,1H3,(H4,31,32,35,36). The quantitative estimate of drug-likeness (QED) is 0.238. The molecule has 1 saturated carbocycles. The average Bonchev–Trinajstić information content (AvgIpc) is 3.55. The first-order valence-corrected chi connectivity index (χ1v) is 13.6. The molecule has 0 bridgehead atoms. The lowest BCUT2D eigenvalue weighted by Gasteiger charge is -2.27. The number of esters is 1. The Balaban J connectivity index is 1.17. The first-order valence-electron chi connectivity index (χ1n) is 13.6. The third-order valence-electron chi connectivity index (χ3n) is 7.89. The maximum absolute atomic E-state index is 12.3. The fourth-order valence-electron chi connectivity index (χ4n) is 5.79. The number of imidazole rings is 1. The predicted octanol–water partition coefficient (Wildman–Crippen LogP) is 5.54. The highest BCUT2D eigenvalue weighted by atomic mass is 16.5. The van der Waals surface area contributed by atoms with E-state index in [0.29, 0.717) is 30.3 Å². The summed E-state index contributed by atoms with van der Waals surface area (Å²) in [6, 6.07) is 18.1. The van der Waals surface area contributed by atoms with Crippen LogP contribution in [-0.2, 0) is 16.1 Å². The Hall–Kier alpha value is -4.40. The number of carbonyl (C=O) groups excluding carboxylic acids is 1. The molecular weight excluding hydrogens is 490 g/mol. The number of fused-ring (bicyclic) bond motifs is 2. The van der Waals surface area contributed by atoms with Crippen LogP contribution in [-0.4, -0.2) is 30.5 Å². The van der Waals surface area contributed by atoms with Crippen molar-refractivity contribution >= 4 is 34.2 Å². The fourth-order valence-corrected chi connectivity index (χ4v) is 5.79. The van der Waals surface area contributed by atoms with Crippen LogP contribution in [0.3, 0.4) is 0 Å². The molecule has 3 aromatic heterocycles. The molecule has 3 heterocycles. The van der Waals surface area contributed by atoms with Gasteiger partial charge >= 0.3 is 5.97 Å². The van der Waals surface area contributed by atoms with Crippen LogP contribution in [0.1, 0.15) is 61.4 Å². The minimum Gasteiger partial charge on any atom is -0.461 e. The SMILES string of the molecule is Cc1cccc2cc(-c3nc(C4CCC(CCC(=O)OCc5ccccc5)CC4)n4nc(N)nc(N)c34)[nH]c12. The van der Waals surface area contributed by atoms with Gasteiger partial charge in [0, 0.05) is 23.2 Å². The molecule has 0 amide bonds. The maximum atomic E-state index is 12.3. The van der Waals surface area contributed by atoms with E-state index < -0.39 is 0 Å². The number of hydrogen-bond acceptors (Lipinski definition) is 7. The van der Waals surface area contributed by atoms with E-state index in [9.17, 15) is 4.79 Å². The number of nitrogens with zero attached hydrogens (tertiary/aromatic N) is 4. The summed E-state index contributed by atoms with van der Waals surface area (Å²) in [6.07, 6.45) is 5.23. The number of para-hydroxylation sites is 1. The van der Waals surface area contributed by atoms with Crippen LogP contribution in [0, 0.1) is 12.8 Å². The molecule has 0 unspecified atom stereocenters. The van der Waals surface area contributed by atoms with Crippen molar-refractivity contribution in [3.8, 4) is 11.4 Å². The van der Waals surface area contributed by atoms with Gasteiger partial charge < -0.3 is 21.2 Å². The van der Waals surface area contributed by atoms with Crippen molar-refractivity contribution in [3.05, 3.63) is 71.5 Å². The van der Waals surface area contributed by atoms with Gasteiger partial charge in [-0.15, -0.1) is 5.10 Å². The van der Waals surface area contributed by atoms with Gasteiger partial charge in [-0.3, -0.25) is 4.79 Å². The fraction of sp³-hybridized carbons (Fsp3) is 0.333. The van der Waals surface area contributed by atoms with Gasteiger partial charge in [0.25, 0.3) is 0 Å². The molecule has 200 valence electrons. The Morgan fingerprint density at radius 2 is 1.85 bits per heavy atom. The van der Waals surface area contributed by atoms with Crippen molar-refractivity contribution in [2.24, 2.45) is 5.92 Å². The normalized spacial score (nSPS) is 17.6. The molecule has 9 heteroatoms. The van der Waals surface area contributed by atoms with Crippen LogP contribution in [0.4, 0.5) is 11.8 Å². The van der Waals surface area contributed by atoms with Gasteiger partial charge in [0.2, 0.25) is 5.95 Å². The molecule has 1 aliphatic rings. The number of aromatic nitrogens is 5. The Morgan fingerprint density at radius 1 is 1.05 bits per heavy atom. The topological polar surface area (TPSA) is 137 Å². The first kappa shape index (κ1) is 24.9. The third-order valence-corrected chi connectivity index (χ3v) is 7.89. The van der Waals surface area contributed by atoms with Crippen molar-refractivity contribution in [2.45, 2.75) is 58.0 Å². The highest BCUT2D eigenvalue weighted by molar-refractivity contribution is 5.92. The van der Waals surface area contributed by atoms with Crippen molar-refractivity contribution in [3.63, 3.8) is 0 Å². The Labute approximate surface area is 226 Å². The van der Waals surface area contributed by atoms with Gasteiger partial charge in [-0.1, -0.05) is 48.5 Å². The minimum atomic E-state index is -0.138. The van der Waals surface area contributed by atoms with Gasteiger partial charge in [0.15, 0.2) is 5.82 Å². The van der Waals surface area contributed by atoms with E-state index in [1.807, 2.05) is 36.4 Å². The zero-order valence-corrected chi connectivity index (χ0v) is 22.1. The predicted molar refractivity (Wildman–Crippen MR) is 152 cm³/mol. The van der Waals surface area contributed by atoms with Crippen LogP contribution < -0.4 is 11.5 Å². The molecule has 6 rings (SSSR count). The van der Waals surface area contributed by atoms with E-state index in [1.54, 1.807) is 4.52 Å². The van der Waals surface area contributed by atoms with Crippen LogP contribution in [0.2, 0.25) is 0 Å². The highest BCUT2D eigenvalue weighted by Crippen LogP contribution is 2.40. The lowest BCUT2D eigenvalue weighted by atomic mass is 9.79. The van der Waals surface area contributed by atoms with Crippen molar-refractivity contribution in [2.75, 3.05) is 11.5 Å².